The first-order valence-electron chi connectivity index (χ1n) is 3.97. The number of hydrogen-bond acceptors (Lipinski definition) is 4. The molecule has 70 valence electrons. The first-order valence-corrected chi connectivity index (χ1v) is 5.02. The molecular formula is C8H9NO3S. The van der Waals surface area contributed by atoms with E-state index in [2.05, 4.69) is 0 Å². The highest BCUT2D eigenvalue weighted by atomic mass is 32.2. The summed E-state index contributed by atoms with van der Waals surface area (Å²) in [4.78, 5) is 22.0. The molecule has 0 saturated heterocycles. The maximum Gasteiger partial charge on any atom is 0.332 e. The van der Waals surface area contributed by atoms with E-state index in [0.29, 0.717) is 5.75 Å². The van der Waals surface area contributed by atoms with Crippen LogP contribution in [-0.2, 0) is 9.59 Å². The second-order valence-corrected chi connectivity index (χ2v) is 4.38. The van der Waals surface area contributed by atoms with Crippen LogP contribution in [0.4, 0.5) is 0 Å². The number of Topliss-reactive ketones (excluding diaryl/α,β-unsaturated/α-hetero) is 1. The molecule has 2 aliphatic rings. The van der Waals surface area contributed by atoms with Gasteiger partial charge in [-0.15, -0.1) is 0 Å². The van der Waals surface area contributed by atoms with Crippen LogP contribution < -0.4 is 5.73 Å². The molecule has 1 fully saturated rings. The number of carbonyl (C=O) groups excluding carboxylic acids is 1. The number of ketones is 1. The third-order valence-electron chi connectivity index (χ3n) is 2.49. The topological polar surface area (TPSA) is 80.4 Å². The van der Waals surface area contributed by atoms with Gasteiger partial charge in [-0.25, -0.2) is 4.79 Å². The summed E-state index contributed by atoms with van der Waals surface area (Å²) in [7, 11) is 0. The second kappa shape index (κ2) is 2.85. The minimum absolute atomic E-state index is 0.0106. The second-order valence-electron chi connectivity index (χ2n) is 3.17. The van der Waals surface area contributed by atoms with Crippen molar-refractivity contribution < 1.29 is 14.7 Å². The van der Waals surface area contributed by atoms with E-state index in [4.69, 9.17) is 10.8 Å². The van der Waals surface area contributed by atoms with Gasteiger partial charge >= 0.3 is 5.97 Å². The summed E-state index contributed by atoms with van der Waals surface area (Å²) >= 11 is 1.56. The SMILES string of the molecule is N[C@@H]1C(=O)C2C(C(=O)O)=CCS[C@@H]21. The van der Waals surface area contributed by atoms with Gasteiger partial charge in [0, 0.05) is 16.6 Å². The van der Waals surface area contributed by atoms with Gasteiger partial charge in [0.15, 0.2) is 5.78 Å². The Hall–Kier alpha value is -0.810. The molecule has 0 aromatic rings. The zero-order chi connectivity index (χ0) is 9.59. The van der Waals surface area contributed by atoms with Crippen LogP contribution >= 0.6 is 11.8 Å². The van der Waals surface area contributed by atoms with E-state index in [1.165, 1.54) is 0 Å². The van der Waals surface area contributed by atoms with Crippen molar-refractivity contribution in [2.45, 2.75) is 11.3 Å². The van der Waals surface area contributed by atoms with Crippen molar-refractivity contribution >= 4 is 23.5 Å². The Bertz CT molecular complexity index is 313. The molecule has 0 radical (unpaired) electrons. The third kappa shape index (κ3) is 1.11. The van der Waals surface area contributed by atoms with Gasteiger partial charge in [0.1, 0.15) is 0 Å². The number of carboxylic acids is 1. The van der Waals surface area contributed by atoms with Gasteiger partial charge in [0.25, 0.3) is 0 Å². The van der Waals surface area contributed by atoms with Crippen molar-refractivity contribution in [2.75, 3.05) is 5.75 Å². The summed E-state index contributed by atoms with van der Waals surface area (Å²) in [6.45, 7) is 0. The van der Waals surface area contributed by atoms with Crippen LogP contribution in [0.3, 0.4) is 0 Å². The molecule has 0 bridgehead atoms. The molecule has 1 unspecified atom stereocenters. The normalized spacial score (nSPS) is 37.5. The fourth-order valence-corrected chi connectivity index (χ4v) is 3.06. The fourth-order valence-electron chi connectivity index (χ4n) is 1.75. The van der Waals surface area contributed by atoms with Gasteiger partial charge in [-0.1, -0.05) is 6.08 Å². The molecule has 1 aliphatic carbocycles. The van der Waals surface area contributed by atoms with Crippen LogP contribution in [-0.4, -0.2) is 33.9 Å². The molecule has 2 rings (SSSR count). The molecule has 3 atom stereocenters. The summed E-state index contributed by atoms with van der Waals surface area (Å²) in [5.74, 6) is -0.934. The zero-order valence-corrected chi connectivity index (χ0v) is 7.58. The summed E-state index contributed by atoms with van der Waals surface area (Å²) in [6.07, 6.45) is 1.61. The highest BCUT2D eigenvalue weighted by Gasteiger charge is 2.52. The van der Waals surface area contributed by atoms with E-state index in [-0.39, 0.29) is 16.6 Å². The lowest BCUT2D eigenvalue weighted by Crippen LogP contribution is -2.61. The van der Waals surface area contributed by atoms with Gasteiger partial charge in [-0.05, 0) is 0 Å². The van der Waals surface area contributed by atoms with E-state index >= 15 is 0 Å². The van der Waals surface area contributed by atoms with Gasteiger partial charge in [-0.2, -0.15) is 11.8 Å². The first kappa shape index (κ1) is 8.77. The van der Waals surface area contributed by atoms with Crippen molar-refractivity contribution in [3.63, 3.8) is 0 Å². The highest BCUT2D eigenvalue weighted by Crippen LogP contribution is 2.41. The van der Waals surface area contributed by atoms with Gasteiger partial charge in [0.2, 0.25) is 0 Å². The number of rotatable bonds is 1. The van der Waals surface area contributed by atoms with Crippen molar-refractivity contribution in [3.8, 4) is 0 Å². The Labute approximate surface area is 79.2 Å². The van der Waals surface area contributed by atoms with E-state index in [0.717, 1.165) is 0 Å². The predicted molar refractivity (Wildman–Crippen MR) is 48.4 cm³/mol. The van der Waals surface area contributed by atoms with Crippen LogP contribution in [0.15, 0.2) is 11.6 Å². The molecule has 4 nitrogen and oxygen atoms in total. The molecule has 0 aromatic carbocycles. The summed E-state index contributed by atoms with van der Waals surface area (Å²) in [6, 6.07) is -0.460. The molecule has 3 N–H and O–H groups in total. The molecule has 13 heavy (non-hydrogen) atoms. The average Bonchev–Trinajstić information content (AvgIpc) is 2.15. The van der Waals surface area contributed by atoms with Crippen LogP contribution in [0, 0.1) is 5.92 Å². The summed E-state index contributed by atoms with van der Waals surface area (Å²) < 4.78 is 0. The van der Waals surface area contributed by atoms with E-state index in [1.807, 2.05) is 0 Å². The van der Waals surface area contributed by atoms with Gasteiger partial charge in [0.05, 0.1) is 12.0 Å². The van der Waals surface area contributed by atoms with Crippen LogP contribution in [0.25, 0.3) is 0 Å². The molecular weight excluding hydrogens is 190 g/mol. The number of thioether (sulfide) groups is 1. The number of hydrogen-bond donors (Lipinski definition) is 2. The number of fused-ring (bicyclic) bond motifs is 1. The third-order valence-corrected chi connectivity index (χ3v) is 3.80. The van der Waals surface area contributed by atoms with Crippen molar-refractivity contribution in [3.05, 3.63) is 11.6 Å². The highest BCUT2D eigenvalue weighted by molar-refractivity contribution is 8.00. The standard InChI is InChI=1S/C8H9NO3S/c9-5-6(10)4-3(8(11)12)1-2-13-7(4)5/h1,4-5,7H,2,9H2,(H,11,12)/t4?,5-,7+/m1/s1. The van der Waals surface area contributed by atoms with Crippen LogP contribution in [0.1, 0.15) is 0 Å². The lowest BCUT2D eigenvalue weighted by molar-refractivity contribution is -0.137. The zero-order valence-electron chi connectivity index (χ0n) is 6.77. The Morgan fingerprint density at radius 3 is 3.00 bits per heavy atom. The van der Waals surface area contributed by atoms with E-state index in [1.54, 1.807) is 17.8 Å². The smallest absolute Gasteiger partial charge is 0.332 e. The van der Waals surface area contributed by atoms with Crippen molar-refractivity contribution in [1.82, 2.24) is 0 Å². The van der Waals surface area contributed by atoms with E-state index in [9.17, 15) is 9.59 Å². The monoisotopic (exact) mass is 199 g/mol. The maximum absolute atomic E-state index is 11.3. The quantitative estimate of drug-likeness (QED) is 0.602. The Morgan fingerprint density at radius 2 is 2.38 bits per heavy atom. The number of carboxylic acid groups (broad SMARTS) is 1. The van der Waals surface area contributed by atoms with Gasteiger partial charge in [-0.3, -0.25) is 4.79 Å². The Morgan fingerprint density at radius 1 is 1.69 bits per heavy atom. The summed E-state index contributed by atoms with van der Waals surface area (Å²) in [5, 5.41) is 8.78. The number of aliphatic carboxylic acids is 1. The molecule has 1 heterocycles. The molecule has 0 amide bonds. The minimum atomic E-state index is -0.990. The first-order chi connectivity index (χ1) is 6.13. The minimum Gasteiger partial charge on any atom is -0.478 e. The lowest BCUT2D eigenvalue weighted by atomic mass is 9.73. The van der Waals surface area contributed by atoms with E-state index < -0.39 is 17.9 Å². The number of nitrogens with two attached hydrogens (primary N) is 1. The molecule has 1 saturated carbocycles. The lowest BCUT2D eigenvalue weighted by Gasteiger charge is -2.42. The largest absolute Gasteiger partial charge is 0.478 e. The van der Waals surface area contributed by atoms with Gasteiger partial charge < -0.3 is 10.8 Å². The number of carbonyl (C=O) groups is 2. The fraction of sp³-hybridized carbons (Fsp3) is 0.500. The summed E-state index contributed by atoms with van der Waals surface area (Å²) in [5.41, 5.74) is 5.78. The van der Waals surface area contributed by atoms with Crippen molar-refractivity contribution in [2.24, 2.45) is 11.7 Å². The van der Waals surface area contributed by atoms with Crippen LogP contribution in [0.2, 0.25) is 0 Å². The molecule has 5 heteroatoms. The maximum atomic E-state index is 11.3. The predicted octanol–water partition coefficient (Wildman–Crippen LogP) is -0.361. The van der Waals surface area contributed by atoms with Crippen molar-refractivity contribution in [1.29, 1.82) is 0 Å². The molecule has 1 aliphatic heterocycles. The average molecular weight is 199 g/mol. The molecule has 0 spiro atoms. The van der Waals surface area contributed by atoms with Crippen LogP contribution in [0.5, 0.6) is 0 Å². The Balaban J connectivity index is 2.27. The molecule has 0 aromatic heterocycles. The Kier molecular flexibility index (Phi) is 1.92.